The quantitative estimate of drug-likeness (QED) is 0.422. The zero-order chi connectivity index (χ0) is 21.8. The second-order valence-electron chi connectivity index (χ2n) is 11.8. The molecule has 170 valence electrons. The van der Waals surface area contributed by atoms with Crippen molar-refractivity contribution in [3.05, 3.63) is 35.1 Å². The van der Waals surface area contributed by atoms with Crippen molar-refractivity contribution in [3.63, 3.8) is 0 Å². The third kappa shape index (κ3) is 6.81. The first-order valence-electron chi connectivity index (χ1n) is 12.7. The molecule has 30 heavy (non-hydrogen) atoms. The maximum atomic E-state index is 15.1. The van der Waals surface area contributed by atoms with Crippen molar-refractivity contribution < 1.29 is 4.39 Å². The smallest absolute Gasteiger partial charge is 0.126 e. The average molecular weight is 416 g/mol. The van der Waals surface area contributed by atoms with Gasteiger partial charge in [-0.15, -0.1) is 0 Å². The van der Waals surface area contributed by atoms with E-state index in [1.165, 1.54) is 63.4 Å². The van der Waals surface area contributed by atoms with Gasteiger partial charge in [-0.2, -0.15) is 0 Å². The van der Waals surface area contributed by atoms with Gasteiger partial charge < -0.3 is 5.32 Å². The first kappa shape index (κ1) is 23.8. The molecule has 1 N–H and O–H groups in total. The zero-order valence-electron chi connectivity index (χ0n) is 20.3. The summed E-state index contributed by atoms with van der Waals surface area (Å²) in [5.74, 6) is 2.14. The second kappa shape index (κ2) is 10.2. The van der Waals surface area contributed by atoms with Crippen molar-refractivity contribution in [1.82, 2.24) is 5.32 Å². The summed E-state index contributed by atoms with van der Waals surface area (Å²) < 4.78 is 15.1. The first-order chi connectivity index (χ1) is 14.2. The monoisotopic (exact) mass is 415 g/mol. The van der Waals surface area contributed by atoms with E-state index >= 15 is 4.39 Å². The lowest BCUT2D eigenvalue weighted by Gasteiger charge is -2.46. The highest BCUT2D eigenvalue weighted by Crippen LogP contribution is 2.40. The Hall–Kier alpha value is -0.890. The molecule has 1 heterocycles. The van der Waals surface area contributed by atoms with E-state index in [1.807, 2.05) is 6.07 Å². The summed E-state index contributed by atoms with van der Waals surface area (Å²) in [4.78, 5) is 0. The fourth-order valence-corrected chi connectivity index (χ4v) is 6.46. The maximum absolute atomic E-state index is 15.1. The molecule has 2 aliphatic rings. The van der Waals surface area contributed by atoms with Gasteiger partial charge in [-0.1, -0.05) is 70.4 Å². The Balaban J connectivity index is 1.50. The van der Waals surface area contributed by atoms with Crippen LogP contribution in [0.1, 0.15) is 122 Å². The lowest BCUT2D eigenvalue weighted by molar-refractivity contribution is 0.160. The number of unbranched alkanes of at least 4 members (excludes halogenated alkanes) is 2. The fourth-order valence-electron chi connectivity index (χ4n) is 6.46. The zero-order valence-corrected chi connectivity index (χ0v) is 20.3. The summed E-state index contributed by atoms with van der Waals surface area (Å²) in [7, 11) is 0. The number of halogens is 1. The standard InChI is InChI=1S/C28H46FN/c1-6-7-8-9-21-10-12-22(13-11-21)14-15-23-16-17-25(26(29)18-23)24-19-27(2,3)30-28(4,5)20-24/h16-18,21-22,24,30H,6-15,19-20H2,1-5H3. The maximum Gasteiger partial charge on any atom is 0.126 e. The molecule has 2 heteroatoms. The van der Waals surface area contributed by atoms with E-state index < -0.39 is 0 Å². The number of aryl methyl sites for hydroxylation is 1. The van der Waals surface area contributed by atoms with E-state index in [0.717, 1.165) is 36.7 Å². The van der Waals surface area contributed by atoms with E-state index in [2.05, 4.69) is 52.1 Å². The molecule has 0 bridgehead atoms. The van der Waals surface area contributed by atoms with Crippen LogP contribution in [0.5, 0.6) is 0 Å². The molecule has 2 fully saturated rings. The SMILES string of the molecule is CCCCCC1CCC(CCc2ccc(C3CC(C)(C)NC(C)(C)C3)c(F)c2)CC1. The van der Waals surface area contributed by atoms with Crippen LogP contribution in [-0.4, -0.2) is 11.1 Å². The summed E-state index contributed by atoms with van der Waals surface area (Å²) in [6.07, 6.45) is 15.5. The van der Waals surface area contributed by atoms with Crippen LogP contribution in [0.4, 0.5) is 4.39 Å². The van der Waals surface area contributed by atoms with Crippen LogP contribution in [0.3, 0.4) is 0 Å². The van der Waals surface area contributed by atoms with Crippen molar-refractivity contribution in [2.75, 3.05) is 0 Å². The van der Waals surface area contributed by atoms with Crippen LogP contribution < -0.4 is 5.32 Å². The molecule has 1 saturated carbocycles. The topological polar surface area (TPSA) is 12.0 Å². The number of nitrogens with one attached hydrogen (secondary N) is 1. The number of benzene rings is 1. The highest BCUT2D eigenvalue weighted by molar-refractivity contribution is 5.29. The molecule has 0 aromatic heterocycles. The summed E-state index contributed by atoms with van der Waals surface area (Å²) in [5, 5.41) is 3.71. The second-order valence-corrected chi connectivity index (χ2v) is 11.8. The lowest BCUT2D eigenvalue weighted by Crippen LogP contribution is -2.57. The average Bonchev–Trinajstić information content (AvgIpc) is 2.65. The van der Waals surface area contributed by atoms with Crippen molar-refractivity contribution in [2.24, 2.45) is 11.8 Å². The largest absolute Gasteiger partial charge is 0.307 e. The number of hydrogen-bond acceptors (Lipinski definition) is 1. The van der Waals surface area contributed by atoms with Crippen LogP contribution in [0.25, 0.3) is 0 Å². The molecule has 0 amide bonds. The molecule has 0 spiro atoms. The van der Waals surface area contributed by atoms with Gasteiger partial charge in [0.2, 0.25) is 0 Å². The van der Waals surface area contributed by atoms with E-state index in [9.17, 15) is 0 Å². The van der Waals surface area contributed by atoms with Crippen molar-refractivity contribution >= 4 is 0 Å². The van der Waals surface area contributed by atoms with Crippen LogP contribution in [0, 0.1) is 17.7 Å². The molecule has 1 aromatic carbocycles. The van der Waals surface area contributed by atoms with E-state index in [0.29, 0.717) is 5.92 Å². The van der Waals surface area contributed by atoms with Gasteiger partial charge in [0.05, 0.1) is 0 Å². The molecule has 0 atom stereocenters. The molecular formula is C28H46FN. The first-order valence-corrected chi connectivity index (χ1v) is 12.7. The Morgan fingerprint density at radius 1 is 0.900 bits per heavy atom. The summed E-state index contributed by atoms with van der Waals surface area (Å²) in [6, 6.07) is 6.14. The van der Waals surface area contributed by atoms with Gasteiger partial charge in [0.25, 0.3) is 0 Å². The molecule has 1 aliphatic heterocycles. The van der Waals surface area contributed by atoms with Gasteiger partial charge in [-0.25, -0.2) is 4.39 Å². The molecule has 1 saturated heterocycles. The van der Waals surface area contributed by atoms with Crippen LogP contribution in [0.15, 0.2) is 18.2 Å². The van der Waals surface area contributed by atoms with Crippen molar-refractivity contribution in [2.45, 2.75) is 129 Å². The van der Waals surface area contributed by atoms with E-state index in [4.69, 9.17) is 0 Å². The Morgan fingerprint density at radius 2 is 1.50 bits per heavy atom. The third-order valence-electron chi connectivity index (χ3n) is 7.72. The minimum atomic E-state index is 0.0191. The minimum absolute atomic E-state index is 0.0191. The molecule has 0 radical (unpaired) electrons. The number of rotatable bonds is 8. The predicted molar refractivity (Wildman–Crippen MR) is 128 cm³/mol. The van der Waals surface area contributed by atoms with Crippen LogP contribution in [-0.2, 0) is 6.42 Å². The predicted octanol–water partition coefficient (Wildman–Crippen LogP) is 8.17. The normalized spacial score (nSPS) is 26.6. The van der Waals surface area contributed by atoms with Gasteiger partial charge in [0, 0.05) is 11.1 Å². The van der Waals surface area contributed by atoms with Gasteiger partial charge >= 0.3 is 0 Å². The minimum Gasteiger partial charge on any atom is -0.307 e. The van der Waals surface area contributed by atoms with Gasteiger partial charge in [0.15, 0.2) is 0 Å². The highest BCUT2D eigenvalue weighted by atomic mass is 19.1. The van der Waals surface area contributed by atoms with E-state index in [1.54, 1.807) is 0 Å². The molecule has 1 nitrogen and oxygen atoms in total. The van der Waals surface area contributed by atoms with Crippen LogP contribution in [0.2, 0.25) is 0 Å². The van der Waals surface area contributed by atoms with Crippen LogP contribution >= 0.6 is 0 Å². The van der Waals surface area contributed by atoms with Gasteiger partial charge in [-0.3, -0.25) is 0 Å². The molecule has 1 aromatic rings. The van der Waals surface area contributed by atoms with Gasteiger partial charge in [0.1, 0.15) is 5.82 Å². The Morgan fingerprint density at radius 3 is 2.07 bits per heavy atom. The summed E-state index contributed by atoms with van der Waals surface area (Å²) >= 11 is 0. The molecular weight excluding hydrogens is 369 g/mol. The Kier molecular flexibility index (Phi) is 8.04. The number of piperidine rings is 1. The Labute approximate surface area is 185 Å². The fraction of sp³-hybridized carbons (Fsp3) is 0.786. The molecule has 0 unspecified atom stereocenters. The van der Waals surface area contributed by atoms with Crippen molar-refractivity contribution in [3.8, 4) is 0 Å². The van der Waals surface area contributed by atoms with E-state index in [-0.39, 0.29) is 16.9 Å². The molecule has 1 aliphatic carbocycles. The number of hydrogen-bond donors (Lipinski definition) is 1. The third-order valence-corrected chi connectivity index (χ3v) is 7.72. The lowest BCUT2D eigenvalue weighted by atomic mass is 9.73. The van der Waals surface area contributed by atoms with Gasteiger partial charge in [-0.05, 0) is 88.3 Å². The summed E-state index contributed by atoms with van der Waals surface area (Å²) in [5.41, 5.74) is 2.21. The molecule has 3 rings (SSSR count). The highest BCUT2D eigenvalue weighted by Gasteiger charge is 2.38. The Bertz CT molecular complexity index is 653. The van der Waals surface area contributed by atoms with Crippen molar-refractivity contribution in [1.29, 1.82) is 0 Å². The summed E-state index contributed by atoms with van der Waals surface area (Å²) in [6.45, 7) is 11.3.